The van der Waals surface area contributed by atoms with Gasteiger partial charge in [0.1, 0.15) is 12.4 Å². The van der Waals surface area contributed by atoms with Crippen LogP contribution >= 0.6 is 0 Å². The summed E-state index contributed by atoms with van der Waals surface area (Å²) < 4.78 is 5.56. The van der Waals surface area contributed by atoms with Crippen LogP contribution in [0.15, 0.2) is 34.5 Å². The van der Waals surface area contributed by atoms with Gasteiger partial charge in [0.2, 0.25) is 5.96 Å². The molecule has 1 aromatic carbocycles. The number of likely N-dealkylation sites (N-methyl/N-ethyl adjacent to an activating group) is 1. The molecule has 6 nitrogen and oxygen atoms in total. The number of guanidine groups is 1. The maximum absolute atomic E-state index is 5.56. The molecule has 0 saturated carbocycles. The number of hydrogen-bond donors (Lipinski definition) is 2. The van der Waals surface area contributed by atoms with Gasteiger partial charge in [-0.2, -0.15) is 5.10 Å². The second kappa shape index (κ2) is 7.29. The predicted molar refractivity (Wildman–Crippen MR) is 73.9 cm³/mol. The summed E-state index contributed by atoms with van der Waals surface area (Å²) in [6.07, 6.45) is 1.57. The second-order valence-electron chi connectivity index (χ2n) is 3.99. The fraction of sp³-hybridized carbons (Fsp3) is 0.333. The highest BCUT2D eigenvalue weighted by Gasteiger charge is 1.95. The fourth-order valence-corrected chi connectivity index (χ4v) is 1.16. The molecule has 0 saturated heterocycles. The first-order chi connectivity index (χ1) is 8.58. The Balaban J connectivity index is 2.47. The third-order valence-corrected chi connectivity index (χ3v) is 2.07. The van der Waals surface area contributed by atoms with E-state index in [0.29, 0.717) is 6.61 Å². The minimum atomic E-state index is -0.0603. The summed E-state index contributed by atoms with van der Waals surface area (Å²) in [6.45, 7) is 1.54. The summed E-state index contributed by atoms with van der Waals surface area (Å²) in [7, 11) is 4.01. The highest BCUT2D eigenvalue weighted by atomic mass is 16.5. The van der Waals surface area contributed by atoms with Gasteiger partial charge >= 0.3 is 0 Å². The highest BCUT2D eigenvalue weighted by Crippen LogP contribution is 2.10. The first-order valence-corrected chi connectivity index (χ1v) is 5.57. The smallest absolute Gasteiger partial charge is 0.211 e. The van der Waals surface area contributed by atoms with E-state index >= 15 is 0 Å². The number of benzene rings is 1. The number of hydrogen-bond acceptors (Lipinski definition) is 4. The van der Waals surface area contributed by atoms with Gasteiger partial charge in [0.05, 0.1) is 6.21 Å². The van der Waals surface area contributed by atoms with Crippen molar-refractivity contribution in [2.45, 2.75) is 0 Å². The molecule has 0 unspecified atom stereocenters. The summed E-state index contributed by atoms with van der Waals surface area (Å²) >= 11 is 0. The molecule has 0 fully saturated rings. The molecule has 0 spiro atoms. The summed E-state index contributed by atoms with van der Waals surface area (Å²) in [5, 5.41) is 7.24. The van der Waals surface area contributed by atoms with Crippen molar-refractivity contribution in [1.29, 1.82) is 0 Å². The molecule has 1 rings (SSSR count). The zero-order chi connectivity index (χ0) is 13.4. The SMILES string of the molecule is CN(C)CCOc1ccc(C=NN=C(N)N)cc1. The van der Waals surface area contributed by atoms with Gasteiger partial charge in [0.15, 0.2) is 0 Å². The van der Waals surface area contributed by atoms with Gasteiger partial charge in [-0.05, 0) is 43.9 Å². The fourth-order valence-electron chi connectivity index (χ4n) is 1.16. The minimum Gasteiger partial charge on any atom is -0.492 e. The standard InChI is InChI=1S/C12H19N5O/c1-17(2)7-8-18-11-5-3-10(4-6-11)9-15-16-12(13)14/h3-6,9H,7-8H2,1-2H3,(H4,13,14,16). The monoisotopic (exact) mass is 249 g/mol. The largest absolute Gasteiger partial charge is 0.492 e. The molecule has 4 N–H and O–H groups in total. The van der Waals surface area contributed by atoms with E-state index in [1.165, 1.54) is 0 Å². The van der Waals surface area contributed by atoms with E-state index in [0.717, 1.165) is 17.9 Å². The van der Waals surface area contributed by atoms with Gasteiger partial charge in [-0.25, -0.2) is 0 Å². The molecule has 6 heteroatoms. The van der Waals surface area contributed by atoms with E-state index in [9.17, 15) is 0 Å². The predicted octanol–water partition coefficient (Wildman–Crippen LogP) is 0.234. The van der Waals surface area contributed by atoms with Crippen LogP contribution in [0.3, 0.4) is 0 Å². The lowest BCUT2D eigenvalue weighted by atomic mass is 10.2. The molecule has 0 heterocycles. The van der Waals surface area contributed by atoms with Crippen molar-refractivity contribution in [3.05, 3.63) is 29.8 Å². The van der Waals surface area contributed by atoms with Gasteiger partial charge in [-0.1, -0.05) is 0 Å². The average Bonchev–Trinajstić information content (AvgIpc) is 2.30. The normalized spacial score (nSPS) is 10.8. The molecule has 0 radical (unpaired) electrons. The molecule has 0 aromatic heterocycles. The summed E-state index contributed by atoms with van der Waals surface area (Å²) in [6, 6.07) is 7.53. The van der Waals surface area contributed by atoms with Crippen molar-refractivity contribution in [1.82, 2.24) is 4.90 Å². The van der Waals surface area contributed by atoms with Crippen molar-refractivity contribution in [2.75, 3.05) is 27.2 Å². The first kappa shape index (κ1) is 14.0. The van der Waals surface area contributed by atoms with E-state index in [2.05, 4.69) is 15.1 Å². The second-order valence-corrected chi connectivity index (χ2v) is 3.99. The number of rotatable bonds is 6. The first-order valence-electron chi connectivity index (χ1n) is 5.57. The molecule has 0 aliphatic rings. The Morgan fingerprint density at radius 1 is 1.28 bits per heavy atom. The van der Waals surface area contributed by atoms with Gasteiger partial charge < -0.3 is 21.1 Å². The Hall–Kier alpha value is -2.08. The molecule has 18 heavy (non-hydrogen) atoms. The lowest BCUT2D eigenvalue weighted by Crippen LogP contribution is -2.21. The van der Waals surface area contributed by atoms with Crippen molar-refractivity contribution in [3.63, 3.8) is 0 Å². The lowest BCUT2D eigenvalue weighted by Gasteiger charge is -2.10. The van der Waals surface area contributed by atoms with Crippen LogP contribution in [0.2, 0.25) is 0 Å². The Bertz CT molecular complexity index is 407. The van der Waals surface area contributed by atoms with Crippen LogP contribution < -0.4 is 16.2 Å². The van der Waals surface area contributed by atoms with E-state index in [4.69, 9.17) is 16.2 Å². The molecular weight excluding hydrogens is 230 g/mol. The molecule has 0 aliphatic carbocycles. The number of nitrogens with two attached hydrogens (primary N) is 2. The Morgan fingerprint density at radius 3 is 2.50 bits per heavy atom. The van der Waals surface area contributed by atoms with Crippen LogP contribution in [0.5, 0.6) is 5.75 Å². The summed E-state index contributed by atoms with van der Waals surface area (Å²) in [5.41, 5.74) is 11.2. The van der Waals surface area contributed by atoms with E-state index in [1.807, 2.05) is 38.4 Å². The quantitative estimate of drug-likeness (QED) is 0.429. The number of ether oxygens (including phenoxy) is 1. The zero-order valence-corrected chi connectivity index (χ0v) is 10.7. The highest BCUT2D eigenvalue weighted by molar-refractivity contribution is 5.81. The van der Waals surface area contributed by atoms with Gasteiger partial charge in [0.25, 0.3) is 0 Å². The van der Waals surface area contributed by atoms with E-state index < -0.39 is 0 Å². The number of nitrogens with zero attached hydrogens (tertiary/aromatic N) is 3. The van der Waals surface area contributed by atoms with Crippen LogP contribution in [0, 0.1) is 0 Å². The Labute approximate surface area is 107 Å². The molecule has 0 bridgehead atoms. The van der Waals surface area contributed by atoms with Crippen LogP contribution in [0.1, 0.15) is 5.56 Å². The minimum absolute atomic E-state index is 0.0603. The van der Waals surface area contributed by atoms with Crippen LogP contribution in [0.4, 0.5) is 0 Å². The van der Waals surface area contributed by atoms with Gasteiger partial charge in [0, 0.05) is 6.54 Å². The molecule has 0 aliphatic heterocycles. The van der Waals surface area contributed by atoms with Crippen LogP contribution in [-0.4, -0.2) is 44.3 Å². The van der Waals surface area contributed by atoms with Crippen LogP contribution in [-0.2, 0) is 0 Å². The lowest BCUT2D eigenvalue weighted by molar-refractivity contribution is 0.261. The maximum Gasteiger partial charge on any atom is 0.211 e. The van der Waals surface area contributed by atoms with Gasteiger partial charge in [-0.3, -0.25) is 0 Å². The molecule has 98 valence electrons. The van der Waals surface area contributed by atoms with Gasteiger partial charge in [-0.15, -0.1) is 5.10 Å². The average molecular weight is 249 g/mol. The summed E-state index contributed by atoms with van der Waals surface area (Å²) in [4.78, 5) is 2.07. The maximum atomic E-state index is 5.56. The third kappa shape index (κ3) is 5.86. The topological polar surface area (TPSA) is 89.2 Å². The molecular formula is C12H19N5O. The van der Waals surface area contributed by atoms with Crippen LogP contribution in [0.25, 0.3) is 0 Å². The Kier molecular flexibility index (Phi) is 5.66. The third-order valence-electron chi connectivity index (χ3n) is 2.07. The molecule has 1 aromatic rings. The van der Waals surface area contributed by atoms with Crippen molar-refractivity contribution >= 4 is 12.2 Å². The van der Waals surface area contributed by atoms with Crippen molar-refractivity contribution in [3.8, 4) is 5.75 Å². The van der Waals surface area contributed by atoms with E-state index in [1.54, 1.807) is 6.21 Å². The Morgan fingerprint density at radius 2 is 1.94 bits per heavy atom. The van der Waals surface area contributed by atoms with E-state index in [-0.39, 0.29) is 5.96 Å². The van der Waals surface area contributed by atoms with Crippen molar-refractivity contribution < 1.29 is 4.74 Å². The van der Waals surface area contributed by atoms with Crippen molar-refractivity contribution in [2.24, 2.45) is 21.7 Å². The zero-order valence-electron chi connectivity index (χ0n) is 10.7. The summed E-state index contributed by atoms with van der Waals surface area (Å²) in [5.74, 6) is 0.769. The molecule has 0 amide bonds. The molecule has 0 atom stereocenters.